The van der Waals surface area contributed by atoms with Crippen LogP contribution in [0.2, 0.25) is 0 Å². The Labute approximate surface area is 409 Å². The summed E-state index contributed by atoms with van der Waals surface area (Å²) in [6, 6.07) is 0. The molecule has 2 aliphatic heterocycles. The normalized spacial score (nSPS) is 25.9. The molecule has 0 spiro atoms. The molecule has 2 rings (SSSR count). The number of allylic oxidation sites excluding steroid dienone is 4. The molecule has 7 N–H and O–H groups in total. The van der Waals surface area contributed by atoms with Crippen molar-refractivity contribution < 1.29 is 73.8 Å². The Morgan fingerprint density at radius 3 is 1.40 bits per heavy atom. The van der Waals surface area contributed by atoms with Gasteiger partial charge in [-0.3, -0.25) is 9.59 Å². The summed E-state index contributed by atoms with van der Waals surface area (Å²) in [6.45, 7) is 2.58. The number of carbonyl (C=O) groups excluding carboxylic acids is 2. The molecule has 0 aromatic carbocycles. The lowest BCUT2D eigenvalue weighted by Gasteiger charge is -2.42. The molecule has 11 atom stereocenters. The fourth-order valence-corrected chi connectivity index (χ4v) is 8.48. The summed E-state index contributed by atoms with van der Waals surface area (Å²) < 4.78 is 33.6. The molecular formula is C53H96O15. The maximum atomic E-state index is 13.0. The van der Waals surface area contributed by atoms with Gasteiger partial charge in [-0.2, -0.15) is 0 Å². The molecule has 4 unspecified atom stereocenters. The molecule has 0 radical (unpaired) electrons. The summed E-state index contributed by atoms with van der Waals surface area (Å²) in [5, 5.41) is 72.1. The zero-order valence-electron chi connectivity index (χ0n) is 42.1. The van der Waals surface area contributed by atoms with Crippen LogP contribution in [0.3, 0.4) is 0 Å². The van der Waals surface area contributed by atoms with Crippen molar-refractivity contribution in [2.45, 2.75) is 274 Å². The Hall–Kier alpha value is -2.02. The Morgan fingerprint density at radius 2 is 0.882 bits per heavy atom. The Kier molecular flexibility index (Phi) is 37.0. The number of carbonyl (C=O) groups is 2. The lowest BCUT2D eigenvalue weighted by Crippen LogP contribution is -2.61. The van der Waals surface area contributed by atoms with Crippen LogP contribution >= 0.6 is 0 Å². The van der Waals surface area contributed by atoms with E-state index in [1.165, 1.54) is 109 Å². The van der Waals surface area contributed by atoms with Crippen LogP contribution in [0.25, 0.3) is 0 Å². The van der Waals surface area contributed by atoms with E-state index >= 15 is 0 Å². The second-order valence-electron chi connectivity index (χ2n) is 19.1. The van der Waals surface area contributed by atoms with Crippen molar-refractivity contribution in [2.24, 2.45) is 0 Å². The van der Waals surface area contributed by atoms with Crippen molar-refractivity contribution in [3.8, 4) is 0 Å². The van der Waals surface area contributed by atoms with Gasteiger partial charge in [-0.05, 0) is 44.9 Å². The molecule has 2 aliphatic rings. The first-order chi connectivity index (χ1) is 33.0. The van der Waals surface area contributed by atoms with E-state index in [0.717, 1.165) is 57.8 Å². The topological polar surface area (TPSA) is 231 Å². The molecule has 0 saturated carbocycles. The molecule has 0 aromatic heterocycles. The lowest BCUT2D eigenvalue weighted by atomic mass is 9.98. The number of aliphatic hydroxyl groups is 7. The number of rotatable bonds is 42. The SMILES string of the molecule is CCCCC/C=C/C/C=C/CCCCCCCCCC(=O)OC[C@@H](CO[C@@H]1O[C@H](CO[C@@H]2O[C@H](CO)[C@H](O)C(O)C2O)[C@H](O)C(O)C1O)OC(=O)CCCCCCCCCCCCCCCCC. The van der Waals surface area contributed by atoms with Gasteiger partial charge < -0.3 is 64.2 Å². The second-order valence-corrected chi connectivity index (χ2v) is 19.1. The van der Waals surface area contributed by atoms with Crippen LogP contribution in [-0.2, 0) is 38.0 Å². The highest BCUT2D eigenvalue weighted by molar-refractivity contribution is 5.70. The minimum atomic E-state index is -1.76. The number of hydrogen-bond donors (Lipinski definition) is 7. The van der Waals surface area contributed by atoms with E-state index in [2.05, 4.69) is 38.2 Å². The number of hydrogen-bond acceptors (Lipinski definition) is 15. The van der Waals surface area contributed by atoms with E-state index in [1.54, 1.807) is 0 Å². The van der Waals surface area contributed by atoms with Gasteiger partial charge in [-0.25, -0.2) is 0 Å². The van der Waals surface area contributed by atoms with Crippen LogP contribution in [0.15, 0.2) is 24.3 Å². The van der Waals surface area contributed by atoms with Crippen molar-refractivity contribution in [2.75, 3.05) is 26.4 Å². The average Bonchev–Trinajstić information content (AvgIpc) is 3.33. The zero-order chi connectivity index (χ0) is 49.6. The summed E-state index contributed by atoms with van der Waals surface area (Å²) in [7, 11) is 0. The largest absolute Gasteiger partial charge is 0.462 e. The molecule has 2 heterocycles. The van der Waals surface area contributed by atoms with Crippen LogP contribution in [0.5, 0.6) is 0 Å². The highest BCUT2D eigenvalue weighted by Crippen LogP contribution is 2.26. The van der Waals surface area contributed by atoms with E-state index in [0.29, 0.717) is 12.8 Å². The summed E-state index contributed by atoms with van der Waals surface area (Å²) in [4.78, 5) is 25.8. The van der Waals surface area contributed by atoms with Crippen LogP contribution in [-0.4, -0.2) is 142 Å². The first-order valence-electron chi connectivity index (χ1n) is 26.9. The maximum Gasteiger partial charge on any atom is 0.306 e. The first-order valence-corrected chi connectivity index (χ1v) is 26.9. The zero-order valence-corrected chi connectivity index (χ0v) is 42.1. The molecule has 398 valence electrons. The van der Waals surface area contributed by atoms with Gasteiger partial charge in [-0.1, -0.05) is 173 Å². The van der Waals surface area contributed by atoms with E-state index in [4.69, 9.17) is 28.4 Å². The molecule has 2 fully saturated rings. The number of aliphatic hydroxyl groups excluding tert-OH is 7. The van der Waals surface area contributed by atoms with Crippen LogP contribution in [0.1, 0.15) is 206 Å². The Morgan fingerprint density at radius 1 is 0.471 bits per heavy atom. The van der Waals surface area contributed by atoms with E-state index in [1.807, 2.05) is 0 Å². The van der Waals surface area contributed by atoms with Crippen molar-refractivity contribution in [1.29, 1.82) is 0 Å². The van der Waals surface area contributed by atoms with E-state index in [9.17, 15) is 45.3 Å². The average molecular weight is 973 g/mol. The number of unbranched alkanes of at least 4 members (excludes halogenated alkanes) is 24. The fraction of sp³-hybridized carbons (Fsp3) is 0.887. The van der Waals surface area contributed by atoms with Gasteiger partial charge in [0.2, 0.25) is 0 Å². The van der Waals surface area contributed by atoms with Gasteiger partial charge in [0.15, 0.2) is 18.7 Å². The third kappa shape index (κ3) is 28.1. The Balaban J connectivity index is 1.79. The molecule has 15 nitrogen and oxygen atoms in total. The number of esters is 2. The third-order valence-corrected chi connectivity index (χ3v) is 12.9. The molecule has 0 aromatic rings. The molecule has 0 amide bonds. The standard InChI is InChI=1S/C53H96O15/c1-3-5-7-9-11-13-15-17-19-20-22-23-25-27-29-31-33-35-44(55)63-38-41(66-45(56)36-34-32-30-28-26-24-21-18-16-14-12-10-8-6-4-2)39-64-52-51(62)49(60)47(58)43(68-52)40-65-53-50(61)48(59)46(57)42(37-54)67-53/h11,13,17,19,41-43,46-54,57-62H,3-10,12,14-16,18,20-40H2,1-2H3/b13-11+,19-17+/t41-,42+,43+,46-,47-,48?,49?,50?,51?,52+,53+/m0/s1. The van der Waals surface area contributed by atoms with Gasteiger partial charge in [-0.15, -0.1) is 0 Å². The predicted octanol–water partition coefficient (Wildman–Crippen LogP) is 7.94. The number of ether oxygens (including phenoxy) is 6. The minimum absolute atomic E-state index is 0.168. The predicted molar refractivity (Wildman–Crippen MR) is 261 cm³/mol. The molecule has 68 heavy (non-hydrogen) atoms. The van der Waals surface area contributed by atoms with Gasteiger partial charge in [0, 0.05) is 12.8 Å². The summed E-state index contributed by atoms with van der Waals surface area (Å²) in [5.74, 6) is -0.925. The summed E-state index contributed by atoms with van der Waals surface area (Å²) in [5.41, 5.74) is 0. The molecule has 0 bridgehead atoms. The van der Waals surface area contributed by atoms with Crippen LogP contribution in [0.4, 0.5) is 0 Å². The molecule has 0 aliphatic carbocycles. The molecule has 15 heteroatoms. The smallest absolute Gasteiger partial charge is 0.306 e. The van der Waals surface area contributed by atoms with Crippen molar-refractivity contribution in [1.82, 2.24) is 0 Å². The van der Waals surface area contributed by atoms with Crippen molar-refractivity contribution >= 4 is 11.9 Å². The van der Waals surface area contributed by atoms with Crippen molar-refractivity contribution in [3.05, 3.63) is 24.3 Å². The van der Waals surface area contributed by atoms with Crippen molar-refractivity contribution in [3.63, 3.8) is 0 Å². The van der Waals surface area contributed by atoms with E-state index < -0.39 is 92.7 Å². The first kappa shape index (κ1) is 62.1. The third-order valence-electron chi connectivity index (χ3n) is 12.9. The summed E-state index contributed by atoms with van der Waals surface area (Å²) >= 11 is 0. The molecular weight excluding hydrogens is 877 g/mol. The van der Waals surface area contributed by atoms with Gasteiger partial charge >= 0.3 is 11.9 Å². The quantitative estimate of drug-likeness (QED) is 0.0175. The Bertz CT molecular complexity index is 1280. The lowest BCUT2D eigenvalue weighted by molar-refractivity contribution is -0.332. The molecule has 2 saturated heterocycles. The second kappa shape index (κ2) is 40.6. The van der Waals surface area contributed by atoms with Crippen LogP contribution in [0, 0.1) is 0 Å². The van der Waals surface area contributed by atoms with Crippen LogP contribution < -0.4 is 0 Å². The van der Waals surface area contributed by atoms with Gasteiger partial charge in [0.05, 0.1) is 19.8 Å². The van der Waals surface area contributed by atoms with E-state index in [-0.39, 0.29) is 26.1 Å². The fourth-order valence-electron chi connectivity index (χ4n) is 8.48. The van der Waals surface area contributed by atoms with Gasteiger partial charge in [0.1, 0.15) is 55.4 Å². The maximum absolute atomic E-state index is 13.0. The summed E-state index contributed by atoms with van der Waals surface area (Å²) in [6.07, 6.45) is 24.8. The highest BCUT2D eigenvalue weighted by Gasteiger charge is 2.47. The monoisotopic (exact) mass is 973 g/mol. The highest BCUT2D eigenvalue weighted by atomic mass is 16.7. The van der Waals surface area contributed by atoms with Gasteiger partial charge in [0.25, 0.3) is 0 Å². The minimum Gasteiger partial charge on any atom is -0.462 e.